The molecule has 0 aliphatic heterocycles. The van der Waals surface area contributed by atoms with Gasteiger partial charge in [-0.1, -0.05) is 44.2 Å². The number of nitrogens with one attached hydrogen (secondary N) is 1. The van der Waals surface area contributed by atoms with E-state index in [0.717, 1.165) is 23.5 Å². The summed E-state index contributed by atoms with van der Waals surface area (Å²) in [6, 6.07) is 10.3. The van der Waals surface area contributed by atoms with Gasteiger partial charge in [0.2, 0.25) is 5.91 Å². The van der Waals surface area contributed by atoms with E-state index in [1.54, 1.807) is 0 Å². The summed E-state index contributed by atoms with van der Waals surface area (Å²) in [6.07, 6.45) is 0.566. The van der Waals surface area contributed by atoms with Crippen molar-refractivity contribution in [2.24, 2.45) is 5.92 Å². The van der Waals surface area contributed by atoms with Crippen molar-refractivity contribution in [2.75, 3.05) is 0 Å². The quantitative estimate of drug-likeness (QED) is 0.890. The standard InChI is InChI=1S/C18H25N3O/c1-13(2)10-18(22)19-11-17-14(3)20-21(15(17)4)12-16-8-6-5-7-9-16/h5-9,13H,10-12H2,1-4H3,(H,19,22). The lowest BCUT2D eigenvalue weighted by molar-refractivity contribution is -0.121. The van der Waals surface area contributed by atoms with Gasteiger partial charge in [0.05, 0.1) is 12.2 Å². The molecule has 0 atom stereocenters. The van der Waals surface area contributed by atoms with E-state index in [0.29, 0.717) is 18.9 Å². The number of carbonyl (C=O) groups excluding carboxylic acids is 1. The zero-order valence-corrected chi connectivity index (χ0v) is 13.9. The van der Waals surface area contributed by atoms with E-state index in [9.17, 15) is 4.79 Å². The summed E-state index contributed by atoms with van der Waals surface area (Å²) in [4.78, 5) is 11.8. The van der Waals surface area contributed by atoms with Crippen molar-refractivity contribution in [1.82, 2.24) is 15.1 Å². The van der Waals surface area contributed by atoms with Crippen molar-refractivity contribution in [1.29, 1.82) is 0 Å². The Bertz CT molecular complexity index is 629. The minimum atomic E-state index is 0.101. The summed E-state index contributed by atoms with van der Waals surface area (Å²) in [5, 5.41) is 7.61. The second kappa shape index (κ2) is 7.25. The van der Waals surface area contributed by atoms with Crippen LogP contribution in [0.25, 0.3) is 0 Å². The molecular weight excluding hydrogens is 274 g/mol. The van der Waals surface area contributed by atoms with Crippen LogP contribution in [0.3, 0.4) is 0 Å². The maximum Gasteiger partial charge on any atom is 0.220 e. The van der Waals surface area contributed by atoms with E-state index < -0.39 is 0 Å². The molecule has 1 aromatic carbocycles. The van der Waals surface area contributed by atoms with Crippen molar-refractivity contribution in [2.45, 2.75) is 47.2 Å². The predicted molar refractivity (Wildman–Crippen MR) is 88.5 cm³/mol. The molecule has 1 N–H and O–H groups in total. The second-order valence-corrected chi connectivity index (χ2v) is 6.17. The van der Waals surface area contributed by atoms with Crippen LogP contribution in [-0.2, 0) is 17.9 Å². The molecule has 0 radical (unpaired) electrons. The molecule has 1 aromatic heterocycles. The summed E-state index contributed by atoms with van der Waals surface area (Å²) in [7, 11) is 0. The van der Waals surface area contributed by atoms with E-state index in [2.05, 4.69) is 29.5 Å². The van der Waals surface area contributed by atoms with Crippen LogP contribution < -0.4 is 5.32 Å². The second-order valence-electron chi connectivity index (χ2n) is 6.17. The van der Waals surface area contributed by atoms with Gasteiger partial charge in [-0.15, -0.1) is 0 Å². The van der Waals surface area contributed by atoms with Crippen molar-refractivity contribution in [3.63, 3.8) is 0 Å². The van der Waals surface area contributed by atoms with Crippen LogP contribution in [0.2, 0.25) is 0 Å². The Morgan fingerprint density at radius 3 is 2.55 bits per heavy atom. The number of aryl methyl sites for hydroxylation is 1. The summed E-state index contributed by atoms with van der Waals surface area (Å²) in [5.74, 6) is 0.479. The Balaban J connectivity index is 2.05. The highest BCUT2D eigenvalue weighted by Gasteiger charge is 2.13. The van der Waals surface area contributed by atoms with Gasteiger partial charge in [-0.3, -0.25) is 9.48 Å². The van der Waals surface area contributed by atoms with Gasteiger partial charge < -0.3 is 5.32 Å². The minimum Gasteiger partial charge on any atom is -0.352 e. The van der Waals surface area contributed by atoms with Gasteiger partial charge in [0, 0.05) is 24.2 Å². The fourth-order valence-electron chi connectivity index (χ4n) is 2.53. The third kappa shape index (κ3) is 4.20. The minimum absolute atomic E-state index is 0.101. The van der Waals surface area contributed by atoms with Crippen LogP contribution in [0.15, 0.2) is 30.3 Å². The molecule has 0 aliphatic carbocycles. The molecule has 2 aromatic rings. The molecule has 0 fully saturated rings. The summed E-state index contributed by atoms with van der Waals surface area (Å²) in [6.45, 7) is 9.47. The Hall–Kier alpha value is -2.10. The zero-order valence-electron chi connectivity index (χ0n) is 13.9. The molecule has 22 heavy (non-hydrogen) atoms. The Labute approximate surface area is 132 Å². The highest BCUT2D eigenvalue weighted by atomic mass is 16.1. The number of benzene rings is 1. The zero-order chi connectivity index (χ0) is 16.1. The average Bonchev–Trinajstić information content (AvgIpc) is 2.72. The van der Waals surface area contributed by atoms with E-state index in [-0.39, 0.29) is 5.91 Å². The highest BCUT2D eigenvalue weighted by molar-refractivity contribution is 5.76. The maximum absolute atomic E-state index is 11.8. The van der Waals surface area contributed by atoms with Gasteiger partial charge in [-0.25, -0.2) is 0 Å². The molecule has 0 bridgehead atoms. The highest BCUT2D eigenvalue weighted by Crippen LogP contribution is 2.15. The molecule has 1 amide bonds. The van der Waals surface area contributed by atoms with Crippen LogP contribution in [0.5, 0.6) is 0 Å². The summed E-state index contributed by atoms with van der Waals surface area (Å²) < 4.78 is 2.01. The Morgan fingerprint density at radius 1 is 1.23 bits per heavy atom. The number of amides is 1. The summed E-state index contributed by atoms with van der Waals surface area (Å²) in [5.41, 5.74) is 4.45. The van der Waals surface area contributed by atoms with Gasteiger partial charge >= 0.3 is 0 Å². The molecule has 0 aliphatic rings. The first-order valence-corrected chi connectivity index (χ1v) is 7.81. The molecule has 4 heteroatoms. The predicted octanol–water partition coefficient (Wildman–Crippen LogP) is 3.21. The lowest BCUT2D eigenvalue weighted by atomic mass is 10.1. The molecule has 1 heterocycles. The number of hydrogen-bond acceptors (Lipinski definition) is 2. The van der Waals surface area contributed by atoms with Crippen LogP contribution >= 0.6 is 0 Å². The monoisotopic (exact) mass is 299 g/mol. The molecule has 0 spiro atoms. The molecule has 0 unspecified atom stereocenters. The van der Waals surface area contributed by atoms with Crippen LogP contribution in [0.1, 0.15) is 42.8 Å². The van der Waals surface area contributed by atoms with E-state index >= 15 is 0 Å². The first-order valence-electron chi connectivity index (χ1n) is 7.81. The van der Waals surface area contributed by atoms with Crippen LogP contribution in [-0.4, -0.2) is 15.7 Å². The maximum atomic E-state index is 11.8. The average molecular weight is 299 g/mol. The van der Waals surface area contributed by atoms with Crippen molar-refractivity contribution in [3.05, 3.63) is 52.8 Å². The number of rotatable bonds is 6. The summed E-state index contributed by atoms with van der Waals surface area (Å²) >= 11 is 0. The molecule has 2 rings (SSSR count). The number of hydrogen-bond donors (Lipinski definition) is 1. The van der Waals surface area contributed by atoms with Gasteiger partial charge in [-0.05, 0) is 25.3 Å². The largest absolute Gasteiger partial charge is 0.352 e. The van der Waals surface area contributed by atoms with Crippen molar-refractivity contribution >= 4 is 5.91 Å². The molecule has 0 saturated carbocycles. The van der Waals surface area contributed by atoms with Crippen molar-refractivity contribution < 1.29 is 4.79 Å². The normalized spacial score (nSPS) is 11.0. The Morgan fingerprint density at radius 2 is 1.91 bits per heavy atom. The van der Waals surface area contributed by atoms with E-state index in [4.69, 9.17) is 0 Å². The van der Waals surface area contributed by atoms with E-state index in [1.807, 2.05) is 43.7 Å². The molecule has 0 saturated heterocycles. The third-order valence-electron chi connectivity index (χ3n) is 3.76. The van der Waals surface area contributed by atoms with Crippen molar-refractivity contribution in [3.8, 4) is 0 Å². The Kier molecular flexibility index (Phi) is 5.36. The first-order chi connectivity index (χ1) is 10.5. The van der Waals surface area contributed by atoms with Gasteiger partial charge in [-0.2, -0.15) is 5.10 Å². The number of nitrogens with zero attached hydrogens (tertiary/aromatic N) is 2. The fourth-order valence-corrected chi connectivity index (χ4v) is 2.53. The smallest absolute Gasteiger partial charge is 0.220 e. The SMILES string of the molecule is Cc1nn(Cc2ccccc2)c(C)c1CNC(=O)CC(C)C. The molecule has 4 nitrogen and oxygen atoms in total. The fraction of sp³-hybridized carbons (Fsp3) is 0.444. The van der Waals surface area contributed by atoms with Gasteiger partial charge in [0.1, 0.15) is 0 Å². The topological polar surface area (TPSA) is 46.9 Å². The molecular formula is C18H25N3O. The van der Waals surface area contributed by atoms with Gasteiger partial charge in [0.15, 0.2) is 0 Å². The third-order valence-corrected chi connectivity index (χ3v) is 3.76. The lowest BCUT2D eigenvalue weighted by Gasteiger charge is -2.08. The van der Waals surface area contributed by atoms with Crippen LogP contribution in [0, 0.1) is 19.8 Å². The van der Waals surface area contributed by atoms with Gasteiger partial charge in [0.25, 0.3) is 0 Å². The van der Waals surface area contributed by atoms with Crippen LogP contribution in [0.4, 0.5) is 0 Å². The number of carbonyl (C=O) groups is 1. The molecule has 118 valence electrons. The lowest BCUT2D eigenvalue weighted by Crippen LogP contribution is -2.24. The first kappa shape index (κ1) is 16.3. The van der Waals surface area contributed by atoms with E-state index in [1.165, 1.54) is 5.56 Å². The number of aromatic nitrogens is 2.